The zero-order valence-electron chi connectivity index (χ0n) is 8.27. The summed E-state index contributed by atoms with van der Waals surface area (Å²) in [5.74, 6) is -2.15. The lowest BCUT2D eigenvalue weighted by Gasteiger charge is -1.85. The summed E-state index contributed by atoms with van der Waals surface area (Å²) in [5.41, 5.74) is 0. The Labute approximate surface area is 83.6 Å². The van der Waals surface area contributed by atoms with E-state index >= 15 is 0 Å². The second kappa shape index (κ2) is 11.4. The van der Waals surface area contributed by atoms with Gasteiger partial charge in [0, 0.05) is 0 Å². The highest BCUT2D eigenvalue weighted by atomic mass is 16.4. The number of carbonyl (C=O) groups is 2. The minimum Gasteiger partial charge on any atom is -0.481 e. The van der Waals surface area contributed by atoms with Gasteiger partial charge in [0.25, 0.3) is 0 Å². The molecule has 0 aromatic rings. The number of aliphatic carboxylic acids is 2. The summed E-state index contributed by atoms with van der Waals surface area (Å²) in [6, 6.07) is 0. The average molecular weight is 200 g/mol. The van der Waals surface area contributed by atoms with Crippen LogP contribution in [0.2, 0.25) is 0 Å². The van der Waals surface area contributed by atoms with Crippen LogP contribution >= 0.6 is 0 Å². The van der Waals surface area contributed by atoms with Crippen molar-refractivity contribution >= 4 is 11.9 Å². The van der Waals surface area contributed by atoms with Crippen molar-refractivity contribution in [2.24, 2.45) is 0 Å². The maximum atomic E-state index is 9.64. The third kappa shape index (κ3) is 22.4. The smallest absolute Gasteiger partial charge is 0.303 e. The molecule has 4 nitrogen and oxygen atoms in total. The van der Waals surface area contributed by atoms with E-state index in [0.717, 1.165) is 6.42 Å². The van der Waals surface area contributed by atoms with E-state index < -0.39 is 11.9 Å². The molecule has 0 atom stereocenters. The van der Waals surface area contributed by atoms with E-state index in [1.165, 1.54) is 0 Å². The van der Waals surface area contributed by atoms with Crippen LogP contribution in [-0.2, 0) is 9.59 Å². The highest BCUT2D eigenvalue weighted by Gasteiger charge is 2.00. The Kier molecular flexibility index (Phi) is 12.2. The third-order valence-electron chi connectivity index (χ3n) is 1.06. The van der Waals surface area contributed by atoms with Gasteiger partial charge < -0.3 is 10.2 Å². The number of carboxylic acid groups (broad SMARTS) is 2. The molecule has 0 aliphatic heterocycles. The van der Waals surface area contributed by atoms with E-state index in [2.05, 4.69) is 19.6 Å². The summed E-state index contributed by atoms with van der Waals surface area (Å²) >= 11 is 0. The van der Waals surface area contributed by atoms with Gasteiger partial charge in [-0.1, -0.05) is 31.7 Å². The summed E-state index contributed by atoms with van der Waals surface area (Å²) in [5, 5.41) is 15.8. The van der Waals surface area contributed by atoms with Crippen molar-refractivity contribution in [2.75, 3.05) is 0 Å². The Morgan fingerprint density at radius 3 is 1.79 bits per heavy atom. The monoisotopic (exact) mass is 200 g/mol. The van der Waals surface area contributed by atoms with E-state index in [1.54, 1.807) is 6.08 Å². The van der Waals surface area contributed by atoms with Gasteiger partial charge in [-0.3, -0.25) is 9.59 Å². The fourth-order valence-corrected chi connectivity index (χ4v) is 0.446. The molecular formula is C10H16O4. The Hall–Kier alpha value is -1.58. The zero-order valence-corrected chi connectivity index (χ0v) is 8.27. The van der Waals surface area contributed by atoms with Crippen LogP contribution in [0.1, 0.15) is 26.2 Å². The molecule has 0 unspecified atom stereocenters. The van der Waals surface area contributed by atoms with Crippen molar-refractivity contribution in [3.63, 3.8) is 0 Å². The SMILES string of the molecule is C=CC=CCC.O=C(O)CCC(=O)O. The topological polar surface area (TPSA) is 74.6 Å². The zero-order chi connectivity index (χ0) is 11.4. The normalized spacial score (nSPS) is 8.93. The van der Waals surface area contributed by atoms with Crippen LogP contribution in [0.25, 0.3) is 0 Å². The van der Waals surface area contributed by atoms with Gasteiger partial charge in [-0.05, 0) is 6.42 Å². The molecule has 0 rings (SSSR count). The summed E-state index contributed by atoms with van der Waals surface area (Å²) in [4.78, 5) is 19.3. The first-order valence-electron chi connectivity index (χ1n) is 4.25. The van der Waals surface area contributed by atoms with E-state index in [9.17, 15) is 9.59 Å². The average Bonchev–Trinajstić information content (AvgIpc) is 2.12. The summed E-state index contributed by atoms with van der Waals surface area (Å²) in [6.45, 7) is 5.61. The first kappa shape index (κ1) is 14.9. The molecule has 0 aliphatic rings. The molecule has 0 aromatic heterocycles. The Balaban J connectivity index is 0. The van der Waals surface area contributed by atoms with Crippen LogP contribution in [0.4, 0.5) is 0 Å². The third-order valence-corrected chi connectivity index (χ3v) is 1.06. The van der Waals surface area contributed by atoms with Gasteiger partial charge in [0.05, 0.1) is 12.8 Å². The molecular weight excluding hydrogens is 184 g/mol. The lowest BCUT2D eigenvalue weighted by Crippen LogP contribution is -2.00. The molecule has 0 fully saturated rings. The molecule has 0 bridgehead atoms. The Morgan fingerprint density at radius 1 is 1.21 bits per heavy atom. The van der Waals surface area contributed by atoms with E-state index in [1.807, 2.05) is 6.08 Å². The molecule has 4 heteroatoms. The molecule has 0 saturated heterocycles. The lowest BCUT2D eigenvalue weighted by molar-refractivity contribution is -0.143. The van der Waals surface area contributed by atoms with Crippen molar-refractivity contribution in [3.8, 4) is 0 Å². The van der Waals surface area contributed by atoms with Crippen LogP contribution in [0, 0.1) is 0 Å². The summed E-state index contributed by atoms with van der Waals surface area (Å²) < 4.78 is 0. The van der Waals surface area contributed by atoms with Crippen molar-refractivity contribution in [3.05, 3.63) is 24.8 Å². The van der Waals surface area contributed by atoms with Crippen LogP contribution in [-0.4, -0.2) is 22.2 Å². The minimum absolute atomic E-state index is 0.296. The second-order valence-electron chi connectivity index (χ2n) is 2.36. The number of hydrogen-bond acceptors (Lipinski definition) is 2. The van der Waals surface area contributed by atoms with Crippen molar-refractivity contribution in [1.82, 2.24) is 0 Å². The number of rotatable bonds is 5. The largest absolute Gasteiger partial charge is 0.481 e. The molecule has 0 aromatic carbocycles. The molecule has 0 saturated carbocycles. The predicted octanol–water partition coefficient (Wildman–Crippen LogP) is 2.07. The summed E-state index contributed by atoms with van der Waals surface area (Å²) in [6.07, 6.45) is 6.30. The maximum Gasteiger partial charge on any atom is 0.303 e. The van der Waals surface area contributed by atoms with Crippen LogP contribution < -0.4 is 0 Å². The van der Waals surface area contributed by atoms with Gasteiger partial charge in [-0.2, -0.15) is 0 Å². The first-order valence-corrected chi connectivity index (χ1v) is 4.25. The van der Waals surface area contributed by atoms with Gasteiger partial charge >= 0.3 is 11.9 Å². The first-order chi connectivity index (χ1) is 6.54. The Morgan fingerprint density at radius 2 is 1.64 bits per heavy atom. The Bertz CT molecular complexity index is 192. The van der Waals surface area contributed by atoms with Crippen LogP contribution in [0.3, 0.4) is 0 Å². The molecule has 2 N–H and O–H groups in total. The van der Waals surface area contributed by atoms with Gasteiger partial charge in [-0.25, -0.2) is 0 Å². The fourth-order valence-electron chi connectivity index (χ4n) is 0.446. The molecule has 0 aliphatic carbocycles. The number of allylic oxidation sites excluding steroid dienone is 3. The van der Waals surface area contributed by atoms with Crippen molar-refractivity contribution in [2.45, 2.75) is 26.2 Å². The highest BCUT2D eigenvalue weighted by molar-refractivity contribution is 5.75. The molecule has 0 spiro atoms. The number of carboxylic acids is 2. The fraction of sp³-hybridized carbons (Fsp3) is 0.400. The predicted molar refractivity (Wildman–Crippen MR) is 54.1 cm³/mol. The van der Waals surface area contributed by atoms with Crippen LogP contribution in [0.15, 0.2) is 24.8 Å². The van der Waals surface area contributed by atoms with Gasteiger partial charge in [-0.15, -0.1) is 0 Å². The summed E-state index contributed by atoms with van der Waals surface area (Å²) in [7, 11) is 0. The number of hydrogen-bond donors (Lipinski definition) is 2. The molecule has 0 radical (unpaired) electrons. The molecule has 80 valence electrons. The molecule has 0 amide bonds. The molecule has 14 heavy (non-hydrogen) atoms. The van der Waals surface area contributed by atoms with Gasteiger partial charge in [0.2, 0.25) is 0 Å². The van der Waals surface area contributed by atoms with Crippen molar-refractivity contribution in [1.29, 1.82) is 0 Å². The maximum absolute atomic E-state index is 9.64. The van der Waals surface area contributed by atoms with E-state index in [0.29, 0.717) is 0 Å². The van der Waals surface area contributed by atoms with Crippen molar-refractivity contribution < 1.29 is 19.8 Å². The standard InChI is InChI=1S/C6H10.C4H6O4/c1-3-5-6-4-2;5-3(6)1-2-4(7)8/h3,5-6H,1,4H2,2H3;1-2H2,(H,5,6)(H,7,8). The van der Waals surface area contributed by atoms with Gasteiger partial charge in [0.1, 0.15) is 0 Å². The lowest BCUT2D eigenvalue weighted by atomic mass is 10.3. The second-order valence-corrected chi connectivity index (χ2v) is 2.36. The quantitative estimate of drug-likeness (QED) is 0.666. The van der Waals surface area contributed by atoms with E-state index in [4.69, 9.17) is 10.2 Å². The molecule has 0 heterocycles. The van der Waals surface area contributed by atoms with Crippen LogP contribution in [0.5, 0.6) is 0 Å². The minimum atomic E-state index is -1.08. The van der Waals surface area contributed by atoms with Gasteiger partial charge in [0.15, 0.2) is 0 Å². The van der Waals surface area contributed by atoms with E-state index in [-0.39, 0.29) is 12.8 Å². The highest BCUT2D eigenvalue weighted by Crippen LogP contribution is 1.86.